The van der Waals surface area contributed by atoms with Gasteiger partial charge in [0.2, 0.25) is 0 Å². The number of ether oxygens (including phenoxy) is 2. The van der Waals surface area contributed by atoms with Crippen LogP contribution < -0.4 is 0 Å². The Kier molecular flexibility index (Phi) is 5.92. The smallest absolute Gasteiger partial charge is 0.410 e. The number of likely N-dealkylation sites (N-methyl/N-ethyl adjacent to an activating group) is 1. The van der Waals surface area contributed by atoms with E-state index < -0.39 is 12.2 Å². The molecular weight excluding hydrogens is 248 g/mol. The van der Waals surface area contributed by atoms with Crippen molar-refractivity contribution in [2.75, 3.05) is 26.8 Å². The highest BCUT2D eigenvalue weighted by Crippen LogP contribution is 2.19. The van der Waals surface area contributed by atoms with Gasteiger partial charge in [-0.05, 0) is 6.42 Å². The Morgan fingerprint density at radius 2 is 2.00 bits per heavy atom. The number of hydrogen-bond donors (Lipinski definition) is 0. The third kappa shape index (κ3) is 4.31. The van der Waals surface area contributed by atoms with E-state index >= 15 is 0 Å². The molecule has 1 heterocycles. The third-order valence-electron chi connectivity index (χ3n) is 2.72. The molecule has 1 rings (SSSR count). The van der Waals surface area contributed by atoms with Crippen molar-refractivity contribution in [3.05, 3.63) is 31.9 Å². The molecule has 2 amide bonds. The van der Waals surface area contributed by atoms with Gasteiger partial charge in [-0.15, -0.1) is 0 Å². The number of carbonyl (C=O) groups is 2. The van der Waals surface area contributed by atoms with Crippen molar-refractivity contribution in [3.8, 4) is 0 Å². The summed E-state index contributed by atoms with van der Waals surface area (Å²) in [5, 5.41) is 0. The second kappa shape index (κ2) is 7.45. The lowest BCUT2D eigenvalue weighted by atomic mass is 10.2. The van der Waals surface area contributed by atoms with E-state index in [4.69, 9.17) is 9.47 Å². The van der Waals surface area contributed by atoms with Crippen molar-refractivity contribution in [1.82, 2.24) is 9.80 Å². The van der Waals surface area contributed by atoms with Crippen LogP contribution in [-0.2, 0) is 9.47 Å². The van der Waals surface area contributed by atoms with Crippen LogP contribution in [0.2, 0.25) is 0 Å². The van der Waals surface area contributed by atoms with Crippen LogP contribution in [0.4, 0.5) is 9.59 Å². The van der Waals surface area contributed by atoms with Crippen molar-refractivity contribution >= 4 is 12.2 Å². The van der Waals surface area contributed by atoms with Gasteiger partial charge in [-0.2, -0.15) is 0 Å². The Hall–Kier alpha value is -1.98. The Morgan fingerprint density at radius 1 is 1.37 bits per heavy atom. The number of hydrogen-bond acceptors (Lipinski definition) is 4. The standard InChI is InChI=1S/C13H19N2O4/c1-4-8-18-12(16)14(3)11-6-7-15(10-11)13(17)19-9-5-2/h4-5,7,11H,1-2,6,8-10H2,3H3. The van der Waals surface area contributed by atoms with Gasteiger partial charge >= 0.3 is 12.2 Å². The number of nitrogens with zero attached hydrogens (tertiary/aromatic N) is 2. The number of carbonyl (C=O) groups excluding carboxylic acids is 2. The first-order chi connectivity index (χ1) is 9.10. The van der Waals surface area contributed by atoms with Crippen LogP contribution in [0, 0.1) is 6.54 Å². The summed E-state index contributed by atoms with van der Waals surface area (Å²) in [7, 11) is 1.64. The van der Waals surface area contributed by atoms with Crippen LogP contribution in [0.5, 0.6) is 0 Å². The molecule has 0 spiro atoms. The van der Waals surface area contributed by atoms with Gasteiger partial charge in [0.25, 0.3) is 0 Å². The molecule has 1 aliphatic heterocycles. The lowest BCUT2D eigenvalue weighted by molar-refractivity contribution is 0.102. The number of amides is 2. The zero-order valence-electron chi connectivity index (χ0n) is 11.1. The van der Waals surface area contributed by atoms with E-state index in [1.54, 1.807) is 13.6 Å². The average Bonchev–Trinajstić information content (AvgIpc) is 2.90. The highest BCUT2D eigenvalue weighted by Gasteiger charge is 2.32. The highest BCUT2D eigenvalue weighted by molar-refractivity contribution is 5.70. The Balaban J connectivity index is 2.42. The van der Waals surface area contributed by atoms with Crippen molar-refractivity contribution in [2.45, 2.75) is 12.5 Å². The van der Waals surface area contributed by atoms with Gasteiger partial charge in [0.15, 0.2) is 0 Å². The van der Waals surface area contributed by atoms with E-state index in [2.05, 4.69) is 13.2 Å². The van der Waals surface area contributed by atoms with Crippen molar-refractivity contribution in [2.24, 2.45) is 0 Å². The molecule has 1 radical (unpaired) electrons. The van der Waals surface area contributed by atoms with Gasteiger partial charge in [-0.1, -0.05) is 25.3 Å². The van der Waals surface area contributed by atoms with Crippen LogP contribution in [0.15, 0.2) is 25.3 Å². The molecule has 0 N–H and O–H groups in total. The molecule has 1 aliphatic rings. The van der Waals surface area contributed by atoms with Crippen molar-refractivity contribution < 1.29 is 19.1 Å². The predicted molar refractivity (Wildman–Crippen MR) is 70.3 cm³/mol. The molecular formula is C13H19N2O4. The Labute approximate surface area is 113 Å². The molecule has 0 saturated carbocycles. The molecule has 105 valence electrons. The predicted octanol–water partition coefficient (Wildman–Crippen LogP) is 1.80. The molecule has 1 atom stereocenters. The Morgan fingerprint density at radius 3 is 2.63 bits per heavy atom. The lowest BCUT2D eigenvalue weighted by Gasteiger charge is -2.23. The summed E-state index contributed by atoms with van der Waals surface area (Å²) in [5.74, 6) is 0. The first-order valence-electron chi connectivity index (χ1n) is 5.98. The van der Waals surface area contributed by atoms with Crippen molar-refractivity contribution in [1.29, 1.82) is 0 Å². The van der Waals surface area contributed by atoms with Crippen LogP contribution >= 0.6 is 0 Å². The molecule has 0 aromatic carbocycles. The third-order valence-corrected chi connectivity index (χ3v) is 2.72. The maximum atomic E-state index is 11.6. The maximum Gasteiger partial charge on any atom is 0.410 e. The minimum atomic E-state index is -0.435. The summed E-state index contributed by atoms with van der Waals surface area (Å²) in [6.45, 7) is 9.40. The lowest BCUT2D eigenvalue weighted by Crippen LogP contribution is -2.40. The van der Waals surface area contributed by atoms with Crippen LogP contribution in [0.25, 0.3) is 0 Å². The monoisotopic (exact) mass is 267 g/mol. The van der Waals surface area contributed by atoms with E-state index in [0.29, 0.717) is 13.0 Å². The van der Waals surface area contributed by atoms with E-state index in [0.717, 1.165) is 0 Å². The van der Waals surface area contributed by atoms with Gasteiger partial charge in [-0.25, -0.2) is 9.59 Å². The Bertz CT molecular complexity index is 357. The molecule has 6 nitrogen and oxygen atoms in total. The SMILES string of the molecule is C=CCOC(=O)N1[CH]CC(N(C)C(=O)OCC=C)C1. The largest absolute Gasteiger partial charge is 0.445 e. The van der Waals surface area contributed by atoms with Gasteiger partial charge < -0.3 is 19.3 Å². The molecule has 6 heteroatoms. The molecule has 0 bridgehead atoms. The fraction of sp³-hybridized carbons (Fsp3) is 0.462. The summed E-state index contributed by atoms with van der Waals surface area (Å²) in [4.78, 5) is 26.1. The summed E-state index contributed by atoms with van der Waals surface area (Å²) < 4.78 is 9.85. The molecule has 0 aliphatic carbocycles. The normalized spacial score (nSPS) is 17.7. The molecule has 0 aromatic rings. The molecule has 19 heavy (non-hydrogen) atoms. The summed E-state index contributed by atoms with van der Waals surface area (Å²) in [5.41, 5.74) is 0. The molecule has 1 saturated heterocycles. The van der Waals surface area contributed by atoms with Gasteiger partial charge in [0, 0.05) is 13.6 Å². The number of likely N-dealkylation sites (tertiary alicyclic amines) is 1. The molecule has 1 unspecified atom stereocenters. The van der Waals surface area contributed by atoms with E-state index in [1.165, 1.54) is 22.0 Å². The second-order valence-electron chi connectivity index (χ2n) is 4.07. The van der Waals surface area contributed by atoms with Crippen LogP contribution in [0.3, 0.4) is 0 Å². The number of rotatable bonds is 5. The maximum absolute atomic E-state index is 11.6. The van der Waals surface area contributed by atoms with Crippen LogP contribution in [0.1, 0.15) is 6.42 Å². The molecule has 0 aromatic heterocycles. The summed E-state index contributed by atoms with van der Waals surface area (Å²) in [6, 6.07) is -0.103. The zero-order chi connectivity index (χ0) is 14.3. The van der Waals surface area contributed by atoms with E-state index in [1.807, 2.05) is 0 Å². The fourth-order valence-electron chi connectivity index (χ4n) is 1.65. The average molecular weight is 267 g/mol. The summed E-state index contributed by atoms with van der Waals surface area (Å²) in [6.07, 6.45) is 2.73. The van der Waals surface area contributed by atoms with E-state index in [9.17, 15) is 9.59 Å². The van der Waals surface area contributed by atoms with E-state index in [-0.39, 0.29) is 19.3 Å². The van der Waals surface area contributed by atoms with Gasteiger partial charge in [0.1, 0.15) is 13.2 Å². The fourth-order valence-corrected chi connectivity index (χ4v) is 1.65. The minimum Gasteiger partial charge on any atom is -0.445 e. The molecule has 1 fully saturated rings. The first-order valence-corrected chi connectivity index (χ1v) is 5.98. The zero-order valence-corrected chi connectivity index (χ0v) is 11.1. The second-order valence-corrected chi connectivity index (χ2v) is 4.07. The first kappa shape index (κ1) is 15.1. The van der Waals surface area contributed by atoms with Gasteiger partial charge in [-0.3, -0.25) is 0 Å². The highest BCUT2D eigenvalue weighted by atomic mass is 16.6. The van der Waals surface area contributed by atoms with Crippen LogP contribution in [-0.4, -0.2) is 54.8 Å². The van der Waals surface area contributed by atoms with Crippen molar-refractivity contribution in [3.63, 3.8) is 0 Å². The minimum absolute atomic E-state index is 0.103. The summed E-state index contributed by atoms with van der Waals surface area (Å²) >= 11 is 0. The topological polar surface area (TPSA) is 59.1 Å². The van der Waals surface area contributed by atoms with Gasteiger partial charge in [0.05, 0.1) is 12.6 Å². The quantitative estimate of drug-likeness (QED) is 0.713.